The fraction of sp³-hybridized carbons (Fsp3) is 0.364. The van der Waals surface area contributed by atoms with Crippen LogP contribution in [0.15, 0.2) is 23.4 Å². The van der Waals surface area contributed by atoms with Gasteiger partial charge in [0.15, 0.2) is 0 Å². The number of aliphatic carboxylic acids is 1. The number of hydrogen-bond acceptors (Lipinski definition) is 4. The van der Waals surface area contributed by atoms with Gasteiger partial charge in [0.2, 0.25) is 5.91 Å². The van der Waals surface area contributed by atoms with Gasteiger partial charge in [-0.2, -0.15) is 13.2 Å². The van der Waals surface area contributed by atoms with Gasteiger partial charge in [0.1, 0.15) is 6.04 Å². The number of nitrogens with zero attached hydrogens (tertiary/aromatic N) is 1. The van der Waals surface area contributed by atoms with Crippen molar-refractivity contribution < 1.29 is 27.9 Å². The van der Waals surface area contributed by atoms with Crippen molar-refractivity contribution in [3.8, 4) is 0 Å². The maximum atomic E-state index is 12.3. The molecule has 1 atom stereocenters. The molecule has 1 amide bonds. The Balaban J connectivity index is 2.64. The van der Waals surface area contributed by atoms with Crippen LogP contribution < -0.4 is 5.32 Å². The van der Waals surface area contributed by atoms with Gasteiger partial charge in [-0.15, -0.1) is 11.8 Å². The van der Waals surface area contributed by atoms with Crippen molar-refractivity contribution in [3.63, 3.8) is 0 Å². The highest BCUT2D eigenvalue weighted by Crippen LogP contribution is 2.29. The predicted octanol–water partition coefficient (Wildman–Crippen LogP) is 1.78. The van der Waals surface area contributed by atoms with Crippen LogP contribution in [0, 0.1) is 0 Å². The lowest BCUT2D eigenvalue weighted by molar-refractivity contribution is -0.140. The van der Waals surface area contributed by atoms with Gasteiger partial charge < -0.3 is 10.4 Å². The topological polar surface area (TPSA) is 79.3 Å². The van der Waals surface area contributed by atoms with Gasteiger partial charge in [-0.05, 0) is 12.1 Å². The molecule has 0 bridgehead atoms. The van der Waals surface area contributed by atoms with Crippen LogP contribution in [-0.4, -0.2) is 33.8 Å². The summed E-state index contributed by atoms with van der Waals surface area (Å²) in [5.74, 6) is -1.76. The molecule has 0 aliphatic carbocycles. The Kier molecular flexibility index (Phi) is 5.37. The number of rotatable bonds is 5. The third kappa shape index (κ3) is 5.08. The number of thioether (sulfide) groups is 1. The zero-order valence-corrected chi connectivity index (χ0v) is 11.1. The van der Waals surface area contributed by atoms with Crippen molar-refractivity contribution in [1.29, 1.82) is 0 Å². The first-order valence-electron chi connectivity index (χ1n) is 5.36. The maximum absolute atomic E-state index is 12.3. The third-order valence-electron chi connectivity index (χ3n) is 2.14. The minimum absolute atomic E-state index is 0.0344. The molecule has 0 spiro atoms. The van der Waals surface area contributed by atoms with Gasteiger partial charge in [-0.1, -0.05) is 0 Å². The molecule has 0 aromatic carbocycles. The summed E-state index contributed by atoms with van der Waals surface area (Å²) in [6.45, 7) is 1.18. The quantitative estimate of drug-likeness (QED) is 0.811. The number of carboxylic acid groups (broad SMARTS) is 1. The Morgan fingerprint density at radius 3 is 2.50 bits per heavy atom. The Morgan fingerprint density at radius 1 is 1.45 bits per heavy atom. The number of halogens is 3. The van der Waals surface area contributed by atoms with Crippen LogP contribution in [0.5, 0.6) is 0 Å². The Hall–Kier alpha value is -1.77. The minimum atomic E-state index is -4.46. The van der Waals surface area contributed by atoms with E-state index in [1.165, 1.54) is 6.92 Å². The number of aromatic nitrogens is 1. The first-order valence-corrected chi connectivity index (χ1v) is 6.34. The second kappa shape index (κ2) is 6.60. The summed E-state index contributed by atoms with van der Waals surface area (Å²) in [6.07, 6.45) is -3.79. The van der Waals surface area contributed by atoms with Gasteiger partial charge in [0, 0.05) is 18.9 Å². The fourth-order valence-electron chi connectivity index (χ4n) is 1.22. The van der Waals surface area contributed by atoms with Crippen LogP contribution in [-0.2, 0) is 15.8 Å². The highest BCUT2D eigenvalue weighted by atomic mass is 32.2. The summed E-state index contributed by atoms with van der Waals surface area (Å²) in [6, 6.07) is 0.894. The molecule has 1 unspecified atom stereocenters. The molecule has 0 fully saturated rings. The second-order valence-corrected chi connectivity index (χ2v) is 4.83. The number of carbonyl (C=O) groups is 2. The fourth-order valence-corrected chi connectivity index (χ4v) is 2.08. The SMILES string of the molecule is CC(=O)NC(CSc1ccc(C(F)(F)F)cn1)C(=O)O. The molecule has 20 heavy (non-hydrogen) atoms. The molecular formula is C11H11F3N2O3S. The normalized spacial score (nSPS) is 12.8. The van der Waals surface area contributed by atoms with E-state index in [0.717, 1.165) is 23.9 Å². The number of hydrogen-bond donors (Lipinski definition) is 2. The van der Waals surface area contributed by atoms with Crippen molar-refractivity contribution in [2.24, 2.45) is 0 Å². The molecule has 0 aliphatic rings. The average Bonchev–Trinajstić information content (AvgIpc) is 2.33. The van der Waals surface area contributed by atoms with E-state index in [1.807, 2.05) is 0 Å². The molecule has 0 aliphatic heterocycles. The lowest BCUT2D eigenvalue weighted by Gasteiger charge is -2.12. The number of carboxylic acids is 1. The van der Waals surface area contributed by atoms with Crippen LogP contribution in [0.4, 0.5) is 13.2 Å². The van der Waals surface area contributed by atoms with Gasteiger partial charge in [0.05, 0.1) is 10.6 Å². The zero-order chi connectivity index (χ0) is 15.3. The van der Waals surface area contributed by atoms with Crippen molar-refractivity contribution in [1.82, 2.24) is 10.3 Å². The van der Waals surface area contributed by atoms with Crippen LogP contribution in [0.25, 0.3) is 0 Å². The van der Waals surface area contributed by atoms with E-state index in [2.05, 4.69) is 10.3 Å². The molecule has 0 radical (unpaired) electrons. The van der Waals surface area contributed by atoms with Gasteiger partial charge >= 0.3 is 12.1 Å². The van der Waals surface area contributed by atoms with Gasteiger partial charge in [-0.25, -0.2) is 9.78 Å². The first kappa shape index (κ1) is 16.3. The average molecular weight is 308 g/mol. The Bertz CT molecular complexity index is 491. The van der Waals surface area contributed by atoms with E-state index in [1.54, 1.807) is 0 Å². The van der Waals surface area contributed by atoms with E-state index in [4.69, 9.17) is 5.11 Å². The molecule has 1 aromatic heterocycles. The van der Waals surface area contributed by atoms with E-state index in [0.29, 0.717) is 6.20 Å². The Morgan fingerprint density at radius 2 is 2.10 bits per heavy atom. The number of amides is 1. The number of pyridine rings is 1. The van der Waals surface area contributed by atoms with Crippen LogP contribution >= 0.6 is 11.8 Å². The molecule has 1 heterocycles. The van der Waals surface area contributed by atoms with E-state index in [9.17, 15) is 22.8 Å². The van der Waals surface area contributed by atoms with Crippen molar-refractivity contribution in [2.45, 2.75) is 24.2 Å². The van der Waals surface area contributed by atoms with Crippen molar-refractivity contribution >= 4 is 23.6 Å². The molecule has 1 aromatic rings. The van der Waals surface area contributed by atoms with E-state index < -0.39 is 29.7 Å². The molecular weight excluding hydrogens is 297 g/mol. The summed E-state index contributed by atoms with van der Waals surface area (Å²) in [5.41, 5.74) is -0.876. The summed E-state index contributed by atoms with van der Waals surface area (Å²) < 4.78 is 36.9. The monoisotopic (exact) mass is 308 g/mol. The van der Waals surface area contributed by atoms with Crippen molar-refractivity contribution in [2.75, 3.05) is 5.75 Å². The molecule has 0 saturated carbocycles. The maximum Gasteiger partial charge on any atom is 0.417 e. The zero-order valence-electron chi connectivity index (χ0n) is 10.3. The third-order valence-corrected chi connectivity index (χ3v) is 3.17. The summed E-state index contributed by atoms with van der Waals surface area (Å²) in [7, 11) is 0. The highest BCUT2D eigenvalue weighted by Gasteiger charge is 2.30. The first-order chi connectivity index (χ1) is 9.20. The van der Waals surface area contributed by atoms with Crippen LogP contribution in [0.3, 0.4) is 0 Å². The molecule has 9 heteroatoms. The smallest absolute Gasteiger partial charge is 0.417 e. The van der Waals surface area contributed by atoms with E-state index >= 15 is 0 Å². The molecule has 1 rings (SSSR count). The van der Waals surface area contributed by atoms with Gasteiger partial charge in [0.25, 0.3) is 0 Å². The number of carbonyl (C=O) groups excluding carboxylic acids is 1. The van der Waals surface area contributed by atoms with E-state index in [-0.39, 0.29) is 10.8 Å². The molecule has 5 nitrogen and oxygen atoms in total. The number of alkyl halides is 3. The van der Waals surface area contributed by atoms with Crippen LogP contribution in [0.1, 0.15) is 12.5 Å². The number of nitrogens with one attached hydrogen (secondary N) is 1. The lowest BCUT2D eigenvalue weighted by Crippen LogP contribution is -2.41. The predicted molar refractivity (Wildman–Crippen MR) is 65.2 cm³/mol. The molecule has 2 N–H and O–H groups in total. The lowest BCUT2D eigenvalue weighted by atomic mass is 10.3. The Labute approximate surface area is 116 Å². The second-order valence-electron chi connectivity index (χ2n) is 3.79. The van der Waals surface area contributed by atoms with Gasteiger partial charge in [-0.3, -0.25) is 4.79 Å². The summed E-state index contributed by atoms with van der Waals surface area (Å²) >= 11 is 0.944. The minimum Gasteiger partial charge on any atom is -0.480 e. The standard InChI is InChI=1S/C11H11F3N2O3S/c1-6(17)16-8(10(18)19)5-20-9-3-2-7(4-15-9)11(12,13)14/h2-4,8H,5H2,1H3,(H,16,17)(H,18,19). The molecule has 0 saturated heterocycles. The highest BCUT2D eigenvalue weighted by molar-refractivity contribution is 7.99. The van der Waals surface area contributed by atoms with Crippen molar-refractivity contribution in [3.05, 3.63) is 23.9 Å². The van der Waals surface area contributed by atoms with Crippen LogP contribution in [0.2, 0.25) is 0 Å². The largest absolute Gasteiger partial charge is 0.480 e. The summed E-state index contributed by atoms with van der Waals surface area (Å²) in [5, 5.41) is 11.3. The molecule has 110 valence electrons. The summed E-state index contributed by atoms with van der Waals surface area (Å²) in [4.78, 5) is 25.2.